The van der Waals surface area contributed by atoms with E-state index in [1.165, 1.54) is 23.6 Å². The summed E-state index contributed by atoms with van der Waals surface area (Å²) < 4.78 is 0. The van der Waals surface area contributed by atoms with E-state index in [2.05, 4.69) is 16.0 Å². The van der Waals surface area contributed by atoms with Gasteiger partial charge in [-0.25, -0.2) is 4.79 Å². The molecule has 10 N–H and O–H groups in total. The second kappa shape index (κ2) is 17.7. The molecule has 5 amide bonds. The first-order valence-corrected chi connectivity index (χ1v) is 15.3. The van der Waals surface area contributed by atoms with E-state index in [9.17, 15) is 33.9 Å². The average molecular weight is 611 g/mol. The monoisotopic (exact) mass is 610 g/mol. The van der Waals surface area contributed by atoms with Crippen LogP contribution in [0.3, 0.4) is 0 Å². The first-order chi connectivity index (χ1) is 20.4. The minimum atomic E-state index is -1.09. The van der Waals surface area contributed by atoms with Crippen molar-refractivity contribution in [1.82, 2.24) is 25.8 Å². The van der Waals surface area contributed by atoms with Crippen LogP contribution in [0.25, 0.3) is 0 Å². The maximum Gasteiger partial charge on any atom is 0.326 e. The lowest BCUT2D eigenvalue weighted by atomic mass is 10.1. The van der Waals surface area contributed by atoms with Crippen LogP contribution in [0.4, 0.5) is 0 Å². The van der Waals surface area contributed by atoms with Gasteiger partial charge in [-0.05, 0) is 91.1 Å². The van der Waals surface area contributed by atoms with Gasteiger partial charge in [-0.2, -0.15) is 0 Å². The Morgan fingerprint density at radius 3 is 1.81 bits per heavy atom. The largest absolute Gasteiger partial charge is 0.480 e. The molecule has 244 valence electrons. The van der Waals surface area contributed by atoms with Crippen molar-refractivity contribution in [2.24, 2.45) is 17.2 Å². The van der Waals surface area contributed by atoms with E-state index in [1.807, 2.05) is 0 Å². The number of carbonyl (C=O) groups is 6. The molecule has 2 aliphatic rings. The van der Waals surface area contributed by atoms with Crippen molar-refractivity contribution in [2.45, 2.75) is 114 Å². The smallest absolute Gasteiger partial charge is 0.326 e. The number of nitrogens with two attached hydrogens (primary N) is 3. The molecule has 2 saturated heterocycles. The Bertz CT molecular complexity index is 994. The van der Waals surface area contributed by atoms with Crippen molar-refractivity contribution < 1.29 is 33.9 Å². The number of carboxylic acid groups (broad SMARTS) is 1. The first kappa shape index (κ1) is 35.9. The fourth-order valence-corrected chi connectivity index (χ4v) is 5.50. The summed E-state index contributed by atoms with van der Waals surface area (Å²) in [5.41, 5.74) is 16.9. The van der Waals surface area contributed by atoms with Gasteiger partial charge >= 0.3 is 5.97 Å². The van der Waals surface area contributed by atoms with Gasteiger partial charge in [-0.15, -0.1) is 0 Å². The maximum absolute atomic E-state index is 13.5. The van der Waals surface area contributed by atoms with Gasteiger partial charge in [0.05, 0.1) is 6.04 Å². The molecule has 0 aromatic carbocycles. The molecule has 2 fully saturated rings. The molecule has 0 saturated carbocycles. The number of likely N-dealkylation sites (tertiary alicyclic amines) is 2. The van der Waals surface area contributed by atoms with Crippen LogP contribution in [0.15, 0.2) is 0 Å². The van der Waals surface area contributed by atoms with E-state index >= 15 is 0 Å². The molecule has 6 atom stereocenters. The summed E-state index contributed by atoms with van der Waals surface area (Å²) in [5.74, 6) is -3.57. The Hall–Kier alpha value is -3.30. The zero-order chi connectivity index (χ0) is 32.1. The zero-order valence-electron chi connectivity index (χ0n) is 25.4. The summed E-state index contributed by atoms with van der Waals surface area (Å²) >= 11 is 0. The fourth-order valence-electron chi connectivity index (χ4n) is 5.50. The van der Waals surface area contributed by atoms with E-state index in [0.717, 1.165) is 0 Å². The maximum atomic E-state index is 13.5. The van der Waals surface area contributed by atoms with Crippen LogP contribution in [0, 0.1) is 0 Å². The second-order valence-electron chi connectivity index (χ2n) is 11.4. The minimum absolute atomic E-state index is 0.254. The quantitative estimate of drug-likeness (QED) is 0.0905. The molecule has 0 bridgehead atoms. The van der Waals surface area contributed by atoms with Crippen LogP contribution in [0.5, 0.6) is 0 Å². The Kier molecular flexibility index (Phi) is 14.8. The van der Waals surface area contributed by atoms with E-state index in [0.29, 0.717) is 77.4 Å². The predicted octanol–water partition coefficient (Wildman–Crippen LogP) is -1.87. The van der Waals surface area contributed by atoms with Crippen LogP contribution >= 0.6 is 0 Å². The highest BCUT2D eigenvalue weighted by molar-refractivity contribution is 5.96. The molecular formula is C28H50N8O7. The van der Waals surface area contributed by atoms with Crippen LogP contribution in [-0.4, -0.2) is 113 Å². The van der Waals surface area contributed by atoms with Gasteiger partial charge in [0.1, 0.15) is 30.2 Å². The number of amides is 5. The van der Waals surface area contributed by atoms with Crippen LogP contribution in [0.1, 0.15) is 78.1 Å². The molecule has 2 heterocycles. The second-order valence-corrected chi connectivity index (χ2v) is 11.4. The number of nitrogens with one attached hydrogen (secondary N) is 3. The number of aliphatic carboxylic acids is 1. The standard InChI is InChI=1S/C28H50N8O7/c1-17(31)23(37)34-20(10-4-6-14-30)27(41)35-15-7-11-21(35)25(39)33-19(9-3-5-13-29)24(38)32-18(2)26(40)36-16-8-12-22(36)28(42)43/h17-22H,3-16,29-31H2,1-2H3,(H,32,38)(H,33,39)(H,34,37)(H,42,43)/t17-,18-,19-,20-,21-,22-/m0/s1. The summed E-state index contributed by atoms with van der Waals surface area (Å²) in [4.78, 5) is 79.8. The lowest BCUT2D eigenvalue weighted by Crippen LogP contribution is -2.58. The first-order valence-electron chi connectivity index (χ1n) is 15.3. The third-order valence-corrected chi connectivity index (χ3v) is 7.94. The molecule has 0 unspecified atom stereocenters. The van der Waals surface area contributed by atoms with Crippen molar-refractivity contribution in [3.63, 3.8) is 0 Å². The van der Waals surface area contributed by atoms with Crippen LogP contribution in [0.2, 0.25) is 0 Å². The summed E-state index contributed by atoms with van der Waals surface area (Å²) in [6, 6.07) is -5.47. The van der Waals surface area contributed by atoms with Crippen LogP contribution in [-0.2, 0) is 28.8 Å². The number of hydrogen-bond acceptors (Lipinski definition) is 9. The Labute approximate surface area is 253 Å². The van der Waals surface area contributed by atoms with Gasteiger partial charge < -0.3 is 48.1 Å². The van der Waals surface area contributed by atoms with Crippen molar-refractivity contribution in [3.05, 3.63) is 0 Å². The van der Waals surface area contributed by atoms with E-state index in [1.54, 1.807) is 0 Å². The molecule has 43 heavy (non-hydrogen) atoms. The number of carbonyl (C=O) groups excluding carboxylic acids is 5. The molecular weight excluding hydrogens is 560 g/mol. The lowest BCUT2D eigenvalue weighted by Gasteiger charge is -2.30. The SMILES string of the molecule is C[C@H](N)C(=O)N[C@@H](CCCCN)C(=O)N1CCC[C@H]1C(=O)N[C@@H](CCCCN)C(=O)N[C@@H](C)C(=O)N1CCC[C@H]1C(=O)O. The molecule has 2 rings (SSSR count). The molecule has 15 heteroatoms. The number of carboxylic acids is 1. The number of nitrogens with zero attached hydrogens (tertiary/aromatic N) is 2. The third-order valence-electron chi connectivity index (χ3n) is 7.94. The third kappa shape index (κ3) is 10.4. The molecule has 2 aliphatic heterocycles. The summed E-state index contributed by atoms with van der Waals surface area (Å²) in [6.07, 6.45) is 4.85. The van der Waals surface area contributed by atoms with E-state index < -0.39 is 71.8 Å². The highest BCUT2D eigenvalue weighted by Gasteiger charge is 2.40. The molecule has 0 radical (unpaired) electrons. The van der Waals surface area contributed by atoms with Gasteiger partial charge in [0.25, 0.3) is 0 Å². The number of rotatable bonds is 17. The van der Waals surface area contributed by atoms with Crippen molar-refractivity contribution in [3.8, 4) is 0 Å². The van der Waals surface area contributed by atoms with Gasteiger partial charge in [0.15, 0.2) is 0 Å². The normalized spacial score (nSPS) is 21.0. The highest BCUT2D eigenvalue weighted by Crippen LogP contribution is 2.21. The fraction of sp³-hybridized carbons (Fsp3) is 0.786. The molecule has 0 aromatic rings. The predicted molar refractivity (Wildman–Crippen MR) is 158 cm³/mol. The van der Waals surface area contributed by atoms with Gasteiger partial charge in [-0.3, -0.25) is 24.0 Å². The van der Waals surface area contributed by atoms with E-state index in [-0.39, 0.29) is 13.0 Å². The highest BCUT2D eigenvalue weighted by atomic mass is 16.4. The number of unbranched alkanes of at least 4 members (excludes halogenated alkanes) is 2. The summed E-state index contributed by atoms with van der Waals surface area (Å²) in [7, 11) is 0. The van der Waals surface area contributed by atoms with Crippen molar-refractivity contribution in [2.75, 3.05) is 26.2 Å². The zero-order valence-corrected chi connectivity index (χ0v) is 25.4. The number of hydrogen-bond donors (Lipinski definition) is 7. The Balaban J connectivity index is 2.13. The Morgan fingerprint density at radius 2 is 1.28 bits per heavy atom. The van der Waals surface area contributed by atoms with E-state index in [4.69, 9.17) is 17.2 Å². The molecule has 0 aliphatic carbocycles. The molecule has 0 spiro atoms. The Morgan fingerprint density at radius 1 is 0.744 bits per heavy atom. The summed E-state index contributed by atoms with van der Waals surface area (Å²) in [6.45, 7) is 4.43. The minimum Gasteiger partial charge on any atom is -0.480 e. The van der Waals surface area contributed by atoms with Gasteiger partial charge in [0.2, 0.25) is 29.5 Å². The van der Waals surface area contributed by atoms with Crippen molar-refractivity contribution >= 4 is 35.5 Å². The summed E-state index contributed by atoms with van der Waals surface area (Å²) in [5, 5.41) is 17.5. The van der Waals surface area contributed by atoms with Gasteiger partial charge in [-0.1, -0.05) is 0 Å². The van der Waals surface area contributed by atoms with Crippen molar-refractivity contribution in [1.29, 1.82) is 0 Å². The topological polar surface area (TPSA) is 243 Å². The van der Waals surface area contributed by atoms with Gasteiger partial charge in [0, 0.05) is 13.1 Å². The molecule has 0 aromatic heterocycles. The molecule has 15 nitrogen and oxygen atoms in total. The lowest BCUT2D eigenvalue weighted by molar-refractivity contribution is -0.149. The van der Waals surface area contributed by atoms with Crippen LogP contribution < -0.4 is 33.2 Å². The average Bonchev–Trinajstić information content (AvgIpc) is 3.66.